The highest BCUT2D eigenvalue weighted by Gasteiger charge is 2.27. The molecule has 0 saturated heterocycles. The van der Waals surface area contributed by atoms with Gasteiger partial charge in [0.1, 0.15) is 4.90 Å². The number of hydrogen-bond donors (Lipinski definition) is 1. The molecule has 0 aromatic heterocycles. The fraction of sp³-hybridized carbons (Fsp3) is 0.250. The van der Waals surface area contributed by atoms with Crippen LogP contribution in [0.3, 0.4) is 0 Å². The molecule has 1 amide bonds. The van der Waals surface area contributed by atoms with Gasteiger partial charge in [0.05, 0.1) is 23.9 Å². The number of anilines is 1. The van der Waals surface area contributed by atoms with E-state index >= 15 is 0 Å². The summed E-state index contributed by atoms with van der Waals surface area (Å²) in [6.45, 7) is 5.82. The molecular weight excluding hydrogens is 400 g/mol. The van der Waals surface area contributed by atoms with Crippen LogP contribution in [0.5, 0.6) is 0 Å². The zero-order valence-electron chi connectivity index (χ0n) is 15.8. The van der Waals surface area contributed by atoms with Gasteiger partial charge in [0, 0.05) is 18.7 Å². The van der Waals surface area contributed by atoms with Gasteiger partial charge < -0.3 is 10.1 Å². The van der Waals surface area contributed by atoms with E-state index < -0.39 is 15.9 Å². The predicted molar refractivity (Wildman–Crippen MR) is 111 cm³/mol. The van der Waals surface area contributed by atoms with E-state index in [1.807, 2.05) is 0 Å². The molecule has 0 aliphatic heterocycles. The summed E-state index contributed by atoms with van der Waals surface area (Å²) in [5, 5.41) is 2.78. The molecule has 1 atom stereocenters. The van der Waals surface area contributed by atoms with Gasteiger partial charge in [-0.25, -0.2) is 8.42 Å². The van der Waals surface area contributed by atoms with Gasteiger partial charge in [0.2, 0.25) is 0 Å². The zero-order chi connectivity index (χ0) is 20.7. The van der Waals surface area contributed by atoms with Gasteiger partial charge in [0.25, 0.3) is 15.9 Å². The number of benzene rings is 2. The lowest BCUT2D eigenvalue weighted by molar-refractivity contribution is 0.0905. The summed E-state index contributed by atoms with van der Waals surface area (Å²) in [6, 6.07) is 12.6. The van der Waals surface area contributed by atoms with Crippen molar-refractivity contribution < 1.29 is 17.9 Å². The number of sulfonamides is 1. The normalized spacial score (nSPS) is 12.2. The number of methoxy groups -OCH3 is 1. The summed E-state index contributed by atoms with van der Waals surface area (Å²) in [4.78, 5) is 12.3. The molecule has 0 heterocycles. The van der Waals surface area contributed by atoms with Gasteiger partial charge in [0.15, 0.2) is 0 Å². The van der Waals surface area contributed by atoms with Gasteiger partial charge >= 0.3 is 0 Å². The first kappa shape index (κ1) is 21.9. The second kappa shape index (κ2) is 9.73. The van der Waals surface area contributed by atoms with E-state index in [0.29, 0.717) is 12.3 Å². The first-order valence-electron chi connectivity index (χ1n) is 8.59. The lowest BCUT2D eigenvalue weighted by Gasteiger charge is -2.24. The predicted octanol–water partition coefficient (Wildman–Crippen LogP) is 3.49. The summed E-state index contributed by atoms with van der Waals surface area (Å²) in [7, 11) is -2.48. The van der Waals surface area contributed by atoms with Gasteiger partial charge in [-0.3, -0.25) is 9.10 Å². The molecule has 150 valence electrons. The molecule has 0 aliphatic rings. The molecule has 1 N–H and O–H groups in total. The maximum absolute atomic E-state index is 13.3. The van der Waals surface area contributed by atoms with E-state index in [4.69, 9.17) is 16.3 Å². The van der Waals surface area contributed by atoms with Gasteiger partial charge in [-0.2, -0.15) is 0 Å². The number of amides is 1. The van der Waals surface area contributed by atoms with E-state index in [0.717, 1.165) is 0 Å². The van der Waals surface area contributed by atoms with Crippen molar-refractivity contribution in [2.24, 2.45) is 0 Å². The molecule has 2 aromatic rings. The lowest BCUT2D eigenvalue weighted by Crippen LogP contribution is -2.36. The molecule has 0 saturated carbocycles. The molecule has 0 bridgehead atoms. The summed E-state index contributed by atoms with van der Waals surface area (Å²) in [5.74, 6) is -0.410. The van der Waals surface area contributed by atoms with E-state index in [-0.39, 0.29) is 28.1 Å². The number of para-hydroxylation sites is 1. The highest BCUT2D eigenvalue weighted by Crippen LogP contribution is 2.29. The molecule has 0 spiro atoms. The van der Waals surface area contributed by atoms with Crippen LogP contribution in [0.2, 0.25) is 5.02 Å². The SMILES string of the molecule is C=CCN(c1ccccc1)S(=O)(=O)c1cc(C(=O)NC(C)COC)ccc1Cl. The third-order valence-electron chi connectivity index (χ3n) is 3.89. The van der Waals surface area contributed by atoms with E-state index in [9.17, 15) is 13.2 Å². The van der Waals surface area contributed by atoms with E-state index in [2.05, 4.69) is 11.9 Å². The lowest BCUT2D eigenvalue weighted by atomic mass is 10.2. The van der Waals surface area contributed by atoms with Crippen LogP contribution in [0.1, 0.15) is 17.3 Å². The summed E-state index contributed by atoms with van der Waals surface area (Å²) < 4.78 is 32.8. The first-order valence-corrected chi connectivity index (χ1v) is 10.4. The first-order chi connectivity index (χ1) is 13.3. The van der Waals surface area contributed by atoms with Crippen molar-refractivity contribution in [2.75, 3.05) is 24.6 Å². The highest BCUT2D eigenvalue weighted by atomic mass is 35.5. The minimum Gasteiger partial charge on any atom is -0.383 e. The third kappa shape index (κ3) is 5.13. The zero-order valence-corrected chi connectivity index (χ0v) is 17.3. The molecule has 0 fully saturated rings. The van der Waals surface area contributed by atoms with Crippen LogP contribution >= 0.6 is 11.6 Å². The Bertz CT molecular complexity index is 932. The Labute approximate surface area is 170 Å². The number of carbonyl (C=O) groups is 1. The number of nitrogens with zero attached hydrogens (tertiary/aromatic N) is 1. The maximum Gasteiger partial charge on any atom is 0.266 e. The molecule has 2 rings (SSSR count). The van der Waals surface area contributed by atoms with E-state index in [1.165, 1.54) is 35.7 Å². The van der Waals surface area contributed by atoms with Crippen molar-refractivity contribution in [1.29, 1.82) is 0 Å². The quantitative estimate of drug-likeness (QED) is 0.627. The number of ether oxygens (including phenoxy) is 1. The van der Waals surface area contributed by atoms with Crippen LogP contribution in [0.15, 0.2) is 66.1 Å². The van der Waals surface area contributed by atoms with Crippen molar-refractivity contribution in [3.63, 3.8) is 0 Å². The average molecular weight is 423 g/mol. The van der Waals surface area contributed by atoms with Crippen LogP contribution < -0.4 is 9.62 Å². The van der Waals surface area contributed by atoms with Gasteiger partial charge in [-0.1, -0.05) is 35.9 Å². The molecule has 8 heteroatoms. The number of hydrogen-bond acceptors (Lipinski definition) is 4. The minimum atomic E-state index is -4.02. The van der Waals surface area contributed by atoms with E-state index in [1.54, 1.807) is 37.3 Å². The molecule has 2 aromatic carbocycles. The Kier molecular flexibility index (Phi) is 7.62. The fourth-order valence-electron chi connectivity index (χ4n) is 2.61. The van der Waals surface area contributed by atoms with Crippen molar-refractivity contribution in [3.05, 3.63) is 71.8 Å². The summed E-state index contributed by atoms with van der Waals surface area (Å²) in [6.07, 6.45) is 1.49. The van der Waals surface area contributed by atoms with Crippen molar-refractivity contribution in [2.45, 2.75) is 17.9 Å². The molecule has 28 heavy (non-hydrogen) atoms. The van der Waals surface area contributed by atoms with Crippen molar-refractivity contribution >= 4 is 33.2 Å². The van der Waals surface area contributed by atoms with Crippen LogP contribution in [-0.4, -0.2) is 40.6 Å². The maximum atomic E-state index is 13.3. The Morgan fingerprint density at radius 2 is 1.96 bits per heavy atom. The minimum absolute atomic E-state index is 0.0338. The molecule has 0 radical (unpaired) electrons. The molecule has 1 unspecified atom stereocenters. The highest BCUT2D eigenvalue weighted by molar-refractivity contribution is 7.93. The monoisotopic (exact) mass is 422 g/mol. The van der Waals surface area contributed by atoms with Gasteiger partial charge in [-0.05, 0) is 37.3 Å². The summed E-state index contributed by atoms with van der Waals surface area (Å²) in [5.41, 5.74) is 0.666. The van der Waals surface area contributed by atoms with Crippen LogP contribution in [0.25, 0.3) is 0 Å². The Balaban J connectivity index is 2.44. The average Bonchev–Trinajstić information content (AvgIpc) is 2.66. The second-order valence-electron chi connectivity index (χ2n) is 6.14. The Morgan fingerprint density at radius 3 is 2.57 bits per heavy atom. The van der Waals surface area contributed by atoms with Crippen LogP contribution in [-0.2, 0) is 14.8 Å². The van der Waals surface area contributed by atoms with Crippen LogP contribution in [0, 0.1) is 0 Å². The topological polar surface area (TPSA) is 75.7 Å². The molecular formula is C20H23ClN2O4S. The van der Waals surface area contributed by atoms with Crippen molar-refractivity contribution in [3.8, 4) is 0 Å². The van der Waals surface area contributed by atoms with Crippen LogP contribution in [0.4, 0.5) is 5.69 Å². The van der Waals surface area contributed by atoms with Crippen molar-refractivity contribution in [1.82, 2.24) is 5.32 Å². The van der Waals surface area contributed by atoms with Gasteiger partial charge in [-0.15, -0.1) is 6.58 Å². The molecule has 6 nitrogen and oxygen atoms in total. The molecule has 0 aliphatic carbocycles. The summed E-state index contributed by atoms with van der Waals surface area (Å²) >= 11 is 6.19. The third-order valence-corrected chi connectivity index (χ3v) is 6.17. The number of carbonyl (C=O) groups excluding carboxylic acids is 1. The number of halogens is 1. The Hall–Kier alpha value is -2.35. The fourth-order valence-corrected chi connectivity index (χ4v) is 4.55. The Morgan fingerprint density at radius 1 is 1.29 bits per heavy atom. The number of nitrogens with one attached hydrogen (secondary N) is 1. The second-order valence-corrected chi connectivity index (χ2v) is 8.37. The number of rotatable bonds is 9. The smallest absolute Gasteiger partial charge is 0.266 e. The standard InChI is InChI=1S/C20H23ClN2O4S/c1-4-12-23(17-8-6-5-7-9-17)28(25,26)19-13-16(10-11-18(19)21)20(24)22-15(2)14-27-3/h4-11,13,15H,1,12,14H2,2-3H3,(H,22,24). The largest absolute Gasteiger partial charge is 0.383 e.